The Balaban J connectivity index is 0.000000156. The van der Waals surface area contributed by atoms with Crippen molar-refractivity contribution in [3.63, 3.8) is 0 Å². The highest BCUT2D eigenvalue weighted by Gasteiger charge is 2.48. The van der Waals surface area contributed by atoms with Crippen molar-refractivity contribution in [2.45, 2.75) is 19.5 Å². The molecule has 0 radical (unpaired) electrons. The number of rotatable bonds is 6. The smallest absolute Gasteiger partial charge is 0.511 e. The van der Waals surface area contributed by atoms with Crippen molar-refractivity contribution in [3.8, 4) is 5.75 Å². The molecule has 0 aliphatic carbocycles. The molecule has 7 aromatic rings. The second-order valence-electron chi connectivity index (χ2n) is 11.1. The van der Waals surface area contributed by atoms with E-state index in [1.165, 1.54) is 21.3 Å². The summed E-state index contributed by atoms with van der Waals surface area (Å²) in [5.41, 5.74) is 0.555. The maximum Gasteiger partial charge on any atom is 0.707 e. The lowest BCUT2D eigenvalue weighted by atomic mass is 9.97. The first-order chi connectivity index (χ1) is 21.5. The van der Waals surface area contributed by atoms with E-state index in [0.29, 0.717) is 11.4 Å². The molecule has 5 heteroatoms. The minimum Gasteiger partial charge on any atom is -0.511 e. The van der Waals surface area contributed by atoms with Crippen molar-refractivity contribution in [1.29, 1.82) is 0 Å². The van der Waals surface area contributed by atoms with Gasteiger partial charge in [0, 0.05) is 5.39 Å². The van der Waals surface area contributed by atoms with Crippen LogP contribution in [-0.2, 0) is 0 Å². The summed E-state index contributed by atoms with van der Waals surface area (Å²) in [6.07, 6.45) is 0. The van der Waals surface area contributed by atoms with Crippen LogP contribution in [0.4, 0.5) is 0 Å². The van der Waals surface area contributed by atoms with Gasteiger partial charge in [-0.1, -0.05) is 103 Å². The first kappa shape index (κ1) is 29.6. The molecular weight excluding hydrogens is 558 g/mol. The Hall–Kier alpha value is -4.47. The molecule has 0 unspecified atom stereocenters. The van der Waals surface area contributed by atoms with Crippen LogP contribution in [0, 0.1) is 0 Å². The highest BCUT2D eigenvalue weighted by atomic mass is 31.2. The number of hydrogen-bond acceptors (Lipinski definition) is 3. The highest BCUT2D eigenvalue weighted by molar-refractivity contribution is 7.96. The van der Waals surface area contributed by atoms with Crippen molar-refractivity contribution >= 4 is 62.8 Å². The molecule has 0 bridgehead atoms. The third-order valence-electron chi connectivity index (χ3n) is 8.19. The van der Waals surface area contributed by atoms with Crippen LogP contribution in [0.15, 0.2) is 158 Å². The van der Waals surface area contributed by atoms with Crippen LogP contribution in [0.2, 0.25) is 0 Å². The topological polar surface area (TPSA) is 49.7 Å². The molecule has 7 aromatic carbocycles. The first-order valence-electron chi connectivity index (χ1n) is 14.9. The van der Waals surface area contributed by atoms with Gasteiger partial charge in [0.2, 0.25) is 0 Å². The van der Waals surface area contributed by atoms with Crippen LogP contribution < -0.4 is 20.6 Å². The van der Waals surface area contributed by atoms with Crippen molar-refractivity contribution in [3.05, 3.63) is 158 Å². The van der Waals surface area contributed by atoms with Crippen molar-refractivity contribution in [1.82, 2.24) is 0 Å². The monoisotopic (exact) mass is 593 g/mol. The van der Waals surface area contributed by atoms with Crippen LogP contribution in [-0.4, -0.2) is 23.0 Å². The molecule has 44 heavy (non-hydrogen) atoms. The standard InChI is InChI=1S/C21H22P.C18H13BO3/c1-18(2)22(19-12-6-3-7-13-19,20-14-8-4-9-15-20)21-16-10-5-11-17-21;20-19(21)22-17-7-3-6-12-8-9-15-10-13-4-1-2-5-14(13)11-16(15)18(12)17/h3-18H,1-2H3;1-11,20-21H/q+1;. The van der Waals surface area contributed by atoms with Gasteiger partial charge in [-0.2, -0.15) is 0 Å². The molecule has 0 atom stereocenters. The summed E-state index contributed by atoms with van der Waals surface area (Å²) >= 11 is 0. The van der Waals surface area contributed by atoms with E-state index in [9.17, 15) is 0 Å². The second kappa shape index (κ2) is 13.0. The summed E-state index contributed by atoms with van der Waals surface area (Å²) in [7, 11) is -3.46. The first-order valence-corrected chi connectivity index (χ1v) is 16.8. The zero-order chi connectivity index (χ0) is 30.5. The number of fused-ring (bicyclic) bond motifs is 4. The van der Waals surface area contributed by atoms with E-state index >= 15 is 0 Å². The van der Waals surface area contributed by atoms with Gasteiger partial charge in [-0.05, 0) is 95.4 Å². The Morgan fingerprint density at radius 2 is 0.955 bits per heavy atom. The van der Waals surface area contributed by atoms with Crippen molar-refractivity contribution in [2.75, 3.05) is 0 Å². The van der Waals surface area contributed by atoms with Gasteiger partial charge >= 0.3 is 7.32 Å². The molecule has 216 valence electrons. The van der Waals surface area contributed by atoms with Crippen LogP contribution in [0.3, 0.4) is 0 Å². The Morgan fingerprint density at radius 3 is 1.45 bits per heavy atom. The third kappa shape index (κ3) is 5.73. The van der Waals surface area contributed by atoms with Crippen LogP contribution in [0.1, 0.15) is 13.8 Å². The molecule has 0 aliphatic heterocycles. The lowest BCUT2D eigenvalue weighted by Crippen LogP contribution is -2.36. The van der Waals surface area contributed by atoms with Crippen molar-refractivity contribution in [2.24, 2.45) is 0 Å². The average Bonchev–Trinajstić information content (AvgIpc) is 3.05. The van der Waals surface area contributed by atoms with E-state index < -0.39 is 14.6 Å². The minimum absolute atomic E-state index is 0.466. The third-order valence-corrected chi connectivity index (χ3v) is 13.1. The van der Waals surface area contributed by atoms with Gasteiger partial charge in [0.1, 0.15) is 28.9 Å². The molecule has 0 aromatic heterocycles. The summed E-state index contributed by atoms with van der Waals surface area (Å²) in [6, 6.07) is 55.2. The lowest BCUT2D eigenvalue weighted by molar-refractivity contribution is 0.289. The predicted octanol–water partition coefficient (Wildman–Crippen LogP) is 7.88. The summed E-state index contributed by atoms with van der Waals surface area (Å²) in [5, 5.41) is 29.0. The maximum absolute atomic E-state index is 9.14. The largest absolute Gasteiger partial charge is 0.707 e. The lowest BCUT2D eigenvalue weighted by Gasteiger charge is -2.31. The summed E-state index contributed by atoms with van der Waals surface area (Å²) in [5.74, 6) is 0.466. The van der Waals surface area contributed by atoms with Crippen LogP contribution in [0.25, 0.3) is 32.3 Å². The fraction of sp³-hybridized carbons (Fsp3) is 0.0769. The summed E-state index contributed by atoms with van der Waals surface area (Å²) in [4.78, 5) is 0. The average molecular weight is 593 g/mol. The highest BCUT2D eigenvalue weighted by Crippen LogP contribution is 2.59. The van der Waals surface area contributed by atoms with Gasteiger partial charge in [0.15, 0.2) is 0 Å². The molecule has 0 saturated heterocycles. The Labute approximate surface area is 259 Å². The molecule has 7 rings (SSSR count). The van der Waals surface area contributed by atoms with E-state index in [2.05, 4.69) is 135 Å². The molecule has 0 fully saturated rings. The van der Waals surface area contributed by atoms with Gasteiger partial charge in [-0.25, -0.2) is 0 Å². The normalized spacial score (nSPS) is 11.4. The molecule has 0 amide bonds. The molecule has 0 aliphatic rings. The summed E-state index contributed by atoms with van der Waals surface area (Å²) < 4.78 is 5.16. The van der Waals surface area contributed by atoms with E-state index in [1.54, 1.807) is 6.07 Å². The predicted molar refractivity (Wildman–Crippen MR) is 190 cm³/mol. The van der Waals surface area contributed by atoms with Gasteiger partial charge in [-0.3, -0.25) is 0 Å². The fourth-order valence-electron chi connectivity index (χ4n) is 6.31. The van der Waals surface area contributed by atoms with Gasteiger partial charge in [0.25, 0.3) is 0 Å². The number of hydrogen-bond donors (Lipinski definition) is 2. The van der Waals surface area contributed by atoms with Gasteiger partial charge in [0.05, 0.1) is 5.66 Å². The number of benzene rings is 7. The molecular formula is C39H35BO3P+. The molecule has 0 heterocycles. The fourth-order valence-corrected chi connectivity index (χ4v) is 10.9. The Kier molecular flexibility index (Phi) is 8.77. The summed E-state index contributed by atoms with van der Waals surface area (Å²) in [6.45, 7) is 4.72. The van der Waals surface area contributed by atoms with Gasteiger partial charge in [-0.15, -0.1) is 0 Å². The van der Waals surface area contributed by atoms with Crippen LogP contribution in [0.5, 0.6) is 5.75 Å². The minimum atomic E-state index is -1.83. The SMILES string of the molecule is CC(C)[P+](c1ccccc1)(c1ccccc1)c1ccccc1.OB(O)Oc1cccc2ccc3cc4ccccc4cc3c12. The Morgan fingerprint density at radius 1 is 0.500 bits per heavy atom. The van der Waals surface area contributed by atoms with Crippen molar-refractivity contribution < 1.29 is 14.7 Å². The van der Waals surface area contributed by atoms with Crippen LogP contribution >= 0.6 is 7.26 Å². The van der Waals surface area contributed by atoms with E-state index in [1.807, 2.05) is 30.3 Å². The second-order valence-corrected chi connectivity index (χ2v) is 15.1. The van der Waals surface area contributed by atoms with E-state index in [4.69, 9.17) is 14.7 Å². The zero-order valence-corrected chi connectivity index (χ0v) is 25.8. The maximum atomic E-state index is 9.14. The molecule has 0 saturated carbocycles. The Bertz CT molecular complexity index is 1900. The van der Waals surface area contributed by atoms with Gasteiger partial charge < -0.3 is 14.7 Å². The molecule has 0 spiro atoms. The van der Waals surface area contributed by atoms with E-state index in [0.717, 1.165) is 26.9 Å². The van der Waals surface area contributed by atoms with E-state index in [-0.39, 0.29) is 0 Å². The molecule has 2 N–H and O–H groups in total. The zero-order valence-electron chi connectivity index (χ0n) is 24.9. The molecule has 3 nitrogen and oxygen atoms in total. The quantitative estimate of drug-likeness (QED) is 0.0893.